The summed E-state index contributed by atoms with van der Waals surface area (Å²) in [5.41, 5.74) is 0. The van der Waals surface area contributed by atoms with E-state index in [1.165, 1.54) is 64.2 Å². The Balaban J connectivity index is -0.000000218. The molecule has 0 unspecified atom stereocenters. The second-order valence-electron chi connectivity index (χ2n) is 4.44. The highest BCUT2D eigenvalue weighted by Gasteiger charge is 1.83. The summed E-state index contributed by atoms with van der Waals surface area (Å²) in [6.07, 6.45) is 18.1. The molecule has 0 N–H and O–H groups in total. The van der Waals surface area contributed by atoms with Crippen LogP contribution in [0.5, 0.6) is 0 Å². The zero-order valence-electron chi connectivity index (χ0n) is 13.2. The largest absolute Gasteiger partial charge is 1.00 e. The molecule has 100 valence electrons. The minimum absolute atomic E-state index is 0. The summed E-state index contributed by atoms with van der Waals surface area (Å²) < 4.78 is 0. The van der Waals surface area contributed by atoms with Gasteiger partial charge in [0.05, 0.1) is 0 Å². The van der Waals surface area contributed by atoms with Crippen LogP contribution in [0.4, 0.5) is 0 Å². The highest BCUT2D eigenvalue weighted by Crippen LogP contribution is 2.03. The van der Waals surface area contributed by atoms with Crippen molar-refractivity contribution >= 4 is 0 Å². The van der Waals surface area contributed by atoms with E-state index in [9.17, 15) is 0 Å². The van der Waals surface area contributed by atoms with Crippen molar-refractivity contribution in [1.82, 2.24) is 0 Å². The topological polar surface area (TPSA) is 0 Å². The van der Waals surface area contributed by atoms with Crippen molar-refractivity contribution in [3.05, 3.63) is 12.2 Å². The smallest absolute Gasteiger partial charge is 0.0351 e. The van der Waals surface area contributed by atoms with Gasteiger partial charge in [-0.2, -0.15) is 0 Å². The van der Waals surface area contributed by atoms with E-state index in [0.29, 0.717) is 0 Å². The van der Waals surface area contributed by atoms with E-state index < -0.39 is 0 Å². The van der Waals surface area contributed by atoms with Gasteiger partial charge in [-0.1, -0.05) is 91.2 Å². The fourth-order valence-corrected chi connectivity index (χ4v) is 1.46. The summed E-state index contributed by atoms with van der Waals surface area (Å²) in [6, 6.07) is 0. The third-order valence-electron chi connectivity index (χ3n) is 2.58. The maximum absolute atomic E-state index is 2.27. The monoisotopic (exact) mass is 227 g/mol. The van der Waals surface area contributed by atoms with E-state index in [4.69, 9.17) is 0 Å². The Labute approximate surface area is 106 Å². The van der Waals surface area contributed by atoms with Crippen molar-refractivity contribution in [2.24, 2.45) is 0 Å². The molecule has 0 bridgehead atoms. The summed E-state index contributed by atoms with van der Waals surface area (Å²) in [5, 5.41) is 0. The normalized spacial score (nSPS) is 10.2. The first kappa shape index (κ1) is 18.1. The predicted molar refractivity (Wildman–Crippen MR) is 79.1 cm³/mol. The molecule has 0 atom stereocenters. The lowest BCUT2D eigenvalue weighted by molar-refractivity contribution is 0.624. The molecule has 0 nitrogen and oxygen atoms in total. The molecule has 0 aromatic heterocycles. The predicted octanol–water partition coefficient (Wildman–Crippen LogP) is 6.62. The number of hydrogen-bond acceptors (Lipinski definition) is 0. The number of unbranched alkanes of at least 4 members (excludes halogenated alkanes) is 7. The average molecular weight is 227 g/mol. The maximum atomic E-state index is 2.27. The first-order chi connectivity index (χ1) is 7.83. The van der Waals surface area contributed by atoms with E-state index in [2.05, 4.69) is 39.8 Å². The minimum atomic E-state index is 0. The van der Waals surface area contributed by atoms with Crippen LogP contribution in [0.2, 0.25) is 0 Å². The molecule has 0 spiro atoms. The molecule has 0 saturated carbocycles. The van der Waals surface area contributed by atoms with Crippen LogP contribution in [0.15, 0.2) is 12.2 Å². The van der Waals surface area contributed by atoms with Gasteiger partial charge < -0.3 is 1.43 Å². The van der Waals surface area contributed by atoms with Crippen LogP contribution in [0.25, 0.3) is 0 Å². The second kappa shape index (κ2) is 20.2. The van der Waals surface area contributed by atoms with Gasteiger partial charge in [0.1, 0.15) is 0 Å². The third kappa shape index (κ3) is 23.5. The summed E-state index contributed by atoms with van der Waals surface area (Å²) in [6.45, 7) is 8.90. The lowest BCUT2D eigenvalue weighted by Crippen LogP contribution is -1.73. The van der Waals surface area contributed by atoms with Crippen molar-refractivity contribution < 1.29 is 1.43 Å². The average Bonchev–Trinajstić information content (AvgIpc) is 2.31. The molecule has 0 fully saturated rings. The number of hydrogen-bond donors (Lipinski definition) is 0. The van der Waals surface area contributed by atoms with E-state index in [1.54, 1.807) is 0 Å². The molecule has 0 radical (unpaired) electrons. The van der Waals surface area contributed by atoms with Crippen molar-refractivity contribution in [1.29, 1.82) is 0 Å². The van der Waals surface area contributed by atoms with Gasteiger partial charge in [0.15, 0.2) is 0 Å². The fraction of sp³-hybridized carbons (Fsp3) is 0.875. The molecule has 0 heterocycles. The van der Waals surface area contributed by atoms with Crippen molar-refractivity contribution in [2.75, 3.05) is 0 Å². The highest BCUT2D eigenvalue weighted by atomic mass is 13.9. The zero-order valence-corrected chi connectivity index (χ0v) is 12.2. The van der Waals surface area contributed by atoms with Crippen LogP contribution < -0.4 is 0 Å². The first-order valence-corrected chi connectivity index (χ1v) is 7.48. The van der Waals surface area contributed by atoms with Crippen molar-refractivity contribution in [2.45, 2.75) is 91.9 Å². The summed E-state index contributed by atoms with van der Waals surface area (Å²) in [5.74, 6) is 0. The molecule has 0 amide bonds. The lowest BCUT2D eigenvalue weighted by atomic mass is 10.1. The summed E-state index contributed by atoms with van der Waals surface area (Å²) >= 11 is 0. The van der Waals surface area contributed by atoms with E-state index in [0.717, 1.165) is 0 Å². The van der Waals surface area contributed by atoms with Gasteiger partial charge in [0, 0.05) is 0 Å². The van der Waals surface area contributed by atoms with Gasteiger partial charge in [-0.3, -0.25) is 0 Å². The Bertz CT molecular complexity index is 113. The Hall–Kier alpha value is -0.260. The van der Waals surface area contributed by atoms with Gasteiger partial charge in [0.25, 0.3) is 0 Å². The molecule has 0 aromatic carbocycles. The van der Waals surface area contributed by atoms with Crippen LogP contribution in [0.1, 0.15) is 93.3 Å². The molecule has 0 heteroatoms. The summed E-state index contributed by atoms with van der Waals surface area (Å²) in [4.78, 5) is 0. The van der Waals surface area contributed by atoms with Gasteiger partial charge in [-0.25, -0.2) is 0 Å². The molecule has 0 aliphatic rings. The summed E-state index contributed by atoms with van der Waals surface area (Å²) in [7, 11) is 0. The molecule has 0 aliphatic heterocycles. The molecular weight excluding hydrogens is 192 g/mol. The van der Waals surface area contributed by atoms with Crippen LogP contribution >= 0.6 is 0 Å². The third-order valence-corrected chi connectivity index (χ3v) is 2.58. The Kier molecular flexibility index (Phi) is 22.9. The van der Waals surface area contributed by atoms with E-state index in [-0.39, 0.29) is 1.43 Å². The molecule has 16 heavy (non-hydrogen) atoms. The van der Waals surface area contributed by atoms with Crippen LogP contribution in [0, 0.1) is 0 Å². The van der Waals surface area contributed by atoms with Gasteiger partial charge in [0.2, 0.25) is 0 Å². The second-order valence-corrected chi connectivity index (χ2v) is 4.44. The molecule has 0 aliphatic carbocycles. The SMILES string of the molecule is CC/C=C/CCCC.CCCCCCCC.[H-]. The van der Waals surface area contributed by atoms with Gasteiger partial charge in [-0.15, -0.1) is 0 Å². The Morgan fingerprint density at radius 2 is 1.12 bits per heavy atom. The maximum Gasteiger partial charge on any atom is -0.0351 e. The quantitative estimate of drug-likeness (QED) is 0.306. The Morgan fingerprint density at radius 1 is 0.625 bits per heavy atom. The van der Waals surface area contributed by atoms with Crippen LogP contribution in [0.3, 0.4) is 0 Å². The highest BCUT2D eigenvalue weighted by molar-refractivity contribution is 4.79. The molecule has 0 rings (SSSR count). The van der Waals surface area contributed by atoms with Crippen molar-refractivity contribution in [3.8, 4) is 0 Å². The number of allylic oxidation sites excluding steroid dienone is 2. The van der Waals surface area contributed by atoms with E-state index in [1.807, 2.05) is 0 Å². The van der Waals surface area contributed by atoms with Crippen LogP contribution in [-0.2, 0) is 0 Å². The minimum Gasteiger partial charge on any atom is -1.00 e. The molecule has 0 aromatic rings. The fourth-order valence-electron chi connectivity index (χ4n) is 1.46. The zero-order chi connectivity index (χ0) is 12.5. The molecular formula is C16H35-. The lowest BCUT2D eigenvalue weighted by Gasteiger charge is -1.93. The van der Waals surface area contributed by atoms with Crippen LogP contribution in [-0.4, -0.2) is 0 Å². The van der Waals surface area contributed by atoms with Gasteiger partial charge >= 0.3 is 0 Å². The number of rotatable bonds is 9. The van der Waals surface area contributed by atoms with Gasteiger partial charge in [-0.05, 0) is 12.8 Å². The standard InChI is InChI=1S/C8H18.C8H16.H/c2*1-3-5-7-8-6-4-2;/h3-8H2,1-2H3;5,7H,3-4,6,8H2,1-2H3;/q;;-1/b;7-5+;. The Morgan fingerprint density at radius 3 is 1.50 bits per heavy atom. The first-order valence-electron chi connectivity index (χ1n) is 7.48. The van der Waals surface area contributed by atoms with E-state index >= 15 is 0 Å². The molecule has 0 saturated heterocycles. The van der Waals surface area contributed by atoms with Crippen molar-refractivity contribution in [3.63, 3.8) is 0 Å².